The number of carbonyl (C=O) groups excluding carboxylic acids is 1. The van der Waals surface area contributed by atoms with Gasteiger partial charge in [-0.3, -0.25) is 9.36 Å². The highest BCUT2D eigenvalue weighted by molar-refractivity contribution is 14.1. The van der Waals surface area contributed by atoms with Crippen LogP contribution in [0.4, 0.5) is 0 Å². The highest BCUT2D eigenvalue weighted by atomic mass is 127. The van der Waals surface area contributed by atoms with E-state index in [1.807, 2.05) is 52.9 Å². The van der Waals surface area contributed by atoms with E-state index in [0.29, 0.717) is 51.8 Å². The van der Waals surface area contributed by atoms with E-state index in [-0.39, 0.29) is 17.7 Å². The number of benzene rings is 3. The smallest absolute Gasteiger partial charge is 0.341 e. The summed E-state index contributed by atoms with van der Waals surface area (Å²) < 4.78 is 18.8. The maximum absolute atomic E-state index is 14.1. The van der Waals surface area contributed by atoms with E-state index in [2.05, 4.69) is 0 Å². The number of ether oxygens (including phenoxy) is 3. The molecule has 43 heavy (non-hydrogen) atoms. The number of halogens is 2. The molecule has 3 aromatic carbocycles. The van der Waals surface area contributed by atoms with Crippen LogP contribution >= 0.6 is 45.5 Å². The minimum Gasteiger partial charge on any atom is -0.493 e. The number of carboxylic acid groups (broad SMARTS) is 1. The molecule has 4 aromatic rings. The van der Waals surface area contributed by atoms with Crippen LogP contribution in [-0.4, -0.2) is 41.9 Å². The van der Waals surface area contributed by atoms with Crippen LogP contribution in [0.5, 0.6) is 11.5 Å². The molecule has 5 rings (SSSR count). The largest absolute Gasteiger partial charge is 0.493 e. The summed E-state index contributed by atoms with van der Waals surface area (Å²) >= 11 is 9.40. The van der Waals surface area contributed by atoms with Gasteiger partial charge < -0.3 is 19.3 Å². The SMILES string of the molecule is CCOC(=O)C1=C(c2ccccc2)N=c2s/c(=C\c3cc(I)c(OCC(=O)O)c(OC)c3)c(=O)n2[C@H]1c1ccc(Cl)cc1. The number of carboxylic acids is 1. The third-order valence-electron chi connectivity index (χ3n) is 6.45. The third-order valence-corrected chi connectivity index (χ3v) is 8.49. The number of hydrogen-bond acceptors (Lipinski definition) is 8. The molecule has 220 valence electrons. The van der Waals surface area contributed by atoms with E-state index >= 15 is 0 Å². The number of nitrogens with zero attached hydrogens (tertiary/aromatic N) is 2. The Morgan fingerprint density at radius 3 is 2.51 bits per heavy atom. The molecule has 0 spiro atoms. The first-order valence-corrected chi connectivity index (χ1v) is 15.2. The molecule has 9 nitrogen and oxygen atoms in total. The predicted octanol–water partition coefficient (Wildman–Crippen LogP) is 4.67. The summed E-state index contributed by atoms with van der Waals surface area (Å²) in [5.41, 5.74) is 2.31. The number of esters is 1. The van der Waals surface area contributed by atoms with Gasteiger partial charge in [-0.05, 0) is 71.0 Å². The second-order valence-corrected chi connectivity index (χ2v) is 11.8. The molecule has 0 bridgehead atoms. The molecular formula is C31H24ClIN2O7S. The Balaban J connectivity index is 1.75. The lowest BCUT2D eigenvalue weighted by atomic mass is 9.93. The first-order valence-electron chi connectivity index (χ1n) is 13.0. The van der Waals surface area contributed by atoms with Crippen LogP contribution in [0.15, 0.2) is 82.1 Å². The Morgan fingerprint density at radius 2 is 1.86 bits per heavy atom. The second kappa shape index (κ2) is 13.1. The molecule has 0 saturated heterocycles. The van der Waals surface area contributed by atoms with Gasteiger partial charge in [0.15, 0.2) is 22.9 Å². The minimum atomic E-state index is -1.12. The van der Waals surface area contributed by atoms with Crippen LogP contribution in [0.1, 0.15) is 29.7 Å². The van der Waals surface area contributed by atoms with Crippen molar-refractivity contribution in [3.63, 3.8) is 0 Å². The van der Waals surface area contributed by atoms with Gasteiger partial charge in [-0.1, -0.05) is 65.4 Å². The van der Waals surface area contributed by atoms with E-state index in [1.165, 1.54) is 23.0 Å². The summed E-state index contributed by atoms with van der Waals surface area (Å²) in [6.45, 7) is 1.34. The number of hydrogen-bond donors (Lipinski definition) is 1. The molecule has 0 unspecified atom stereocenters. The molecule has 1 atom stereocenters. The molecule has 0 fully saturated rings. The average Bonchev–Trinajstić information content (AvgIpc) is 3.30. The fourth-order valence-corrected chi connectivity index (χ4v) is 6.56. The maximum Gasteiger partial charge on any atom is 0.341 e. The van der Waals surface area contributed by atoms with Crippen LogP contribution in [-0.2, 0) is 14.3 Å². The van der Waals surface area contributed by atoms with Gasteiger partial charge in [-0.2, -0.15) is 0 Å². The zero-order valence-electron chi connectivity index (χ0n) is 22.9. The Bertz CT molecular complexity index is 1920. The van der Waals surface area contributed by atoms with Gasteiger partial charge in [0, 0.05) is 10.6 Å². The van der Waals surface area contributed by atoms with E-state index in [0.717, 1.165) is 0 Å². The van der Waals surface area contributed by atoms with Crippen molar-refractivity contribution in [1.82, 2.24) is 4.57 Å². The average molecular weight is 731 g/mol. The van der Waals surface area contributed by atoms with Gasteiger partial charge in [-0.15, -0.1) is 0 Å². The standard InChI is InChI=1S/C31H24ClIN2O7S/c1-3-41-30(39)25-26(18-7-5-4-6-8-18)34-31-35(27(25)19-9-11-20(32)12-10-19)29(38)23(43-31)15-17-13-21(33)28(22(14-17)40-2)42-16-24(36)37/h4-15,27H,3,16H2,1-2H3,(H,36,37)/b23-15-/t27-/m0/s1. The highest BCUT2D eigenvalue weighted by Gasteiger charge is 2.35. The van der Waals surface area contributed by atoms with Crippen molar-refractivity contribution in [2.75, 3.05) is 20.3 Å². The van der Waals surface area contributed by atoms with E-state index in [1.54, 1.807) is 49.4 Å². The number of fused-ring (bicyclic) bond motifs is 1. The molecule has 0 radical (unpaired) electrons. The lowest BCUT2D eigenvalue weighted by Gasteiger charge is -2.25. The Labute approximate surface area is 268 Å². The summed E-state index contributed by atoms with van der Waals surface area (Å²) in [5.74, 6) is -1.08. The van der Waals surface area contributed by atoms with Crippen LogP contribution in [0.25, 0.3) is 11.8 Å². The molecule has 1 aromatic heterocycles. The molecular weight excluding hydrogens is 707 g/mol. The van der Waals surface area contributed by atoms with Gasteiger partial charge in [0.2, 0.25) is 0 Å². The molecule has 1 aliphatic heterocycles. The van der Waals surface area contributed by atoms with Gasteiger partial charge >= 0.3 is 11.9 Å². The molecule has 1 N–H and O–H groups in total. The molecule has 1 aliphatic rings. The van der Waals surface area contributed by atoms with Gasteiger partial charge in [0.05, 0.1) is 39.1 Å². The van der Waals surface area contributed by atoms with Crippen molar-refractivity contribution < 1.29 is 28.9 Å². The number of thiazole rings is 1. The summed E-state index contributed by atoms with van der Waals surface area (Å²) in [5, 5.41) is 9.54. The van der Waals surface area contributed by atoms with Gasteiger partial charge in [0.1, 0.15) is 0 Å². The van der Waals surface area contributed by atoms with Crippen molar-refractivity contribution in [1.29, 1.82) is 0 Å². The molecule has 12 heteroatoms. The first-order chi connectivity index (χ1) is 20.7. The van der Waals surface area contributed by atoms with Crippen molar-refractivity contribution in [2.24, 2.45) is 4.99 Å². The third kappa shape index (κ3) is 6.38. The Morgan fingerprint density at radius 1 is 1.14 bits per heavy atom. The fraction of sp³-hybridized carbons (Fsp3) is 0.161. The first kappa shape index (κ1) is 30.5. The summed E-state index contributed by atoms with van der Waals surface area (Å²) in [4.78, 5) is 43.9. The topological polar surface area (TPSA) is 116 Å². The van der Waals surface area contributed by atoms with Crippen LogP contribution < -0.4 is 24.4 Å². The van der Waals surface area contributed by atoms with Crippen molar-refractivity contribution >= 4 is 69.2 Å². The van der Waals surface area contributed by atoms with Crippen LogP contribution in [0, 0.1) is 3.57 Å². The molecule has 0 aliphatic carbocycles. The number of carbonyl (C=O) groups is 2. The predicted molar refractivity (Wildman–Crippen MR) is 171 cm³/mol. The quantitative estimate of drug-likeness (QED) is 0.197. The van der Waals surface area contributed by atoms with Crippen molar-refractivity contribution in [2.45, 2.75) is 13.0 Å². The summed E-state index contributed by atoms with van der Waals surface area (Å²) in [6.07, 6.45) is 1.70. The van der Waals surface area contributed by atoms with Crippen LogP contribution in [0.3, 0.4) is 0 Å². The van der Waals surface area contributed by atoms with Crippen molar-refractivity contribution in [3.05, 3.63) is 117 Å². The zero-order chi connectivity index (χ0) is 30.7. The molecule has 0 saturated carbocycles. The lowest BCUT2D eigenvalue weighted by molar-refractivity contribution is -0.140. The number of methoxy groups -OCH3 is 1. The van der Waals surface area contributed by atoms with E-state index < -0.39 is 24.6 Å². The zero-order valence-corrected chi connectivity index (χ0v) is 26.6. The van der Waals surface area contributed by atoms with E-state index in [9.17, 15) is 14.4 Å². The van der Waals surface area contributed by atoms with Gasteiger partial charge in [0.25, 0.3) is 5.56 Å². The molecule has 0 amide bonds. The van der Waals surface area contributed by atoms with Crippen LogP contribution in [0.2, 0.25) is 5.02 Å². The number of aliphatic carboxylic acids is 1. The minimum absolute atomic E-state index is 0.148. The highest BCUT2D eigenvalue weighted by Crippen LogP contribution is 2.36. The normalized spacial score (nSPS) is 14.6. The lowest BCUT2D eigenvalue weighted by Crippen LogP contribution is -2.40. The Kier molecular flexibility index (Phi) is 9.33. The summed E-state index contributed by atoms with van der Waals surface area (Å²) in [7, 11) is 1.45. The summed E-state index contributed by atoms with van der Waals surface area (Å²) in [6, 6.07) is 18.9. The fourth-order valence-electron chi connectivity index (χ4n) is 4.65. The molecule has 2 heterocycles. The monoisotopic (exact) mass is 730 g/mol. The van der Waals surface area contributed by atoms with E-state index in [4.69, 9.17) is 35.9 Å². The maximum atomic E-state index is 14.1. The second-order valence-electron chi connectivity index (χ2n) is 9.20. The van der Waals surface area contributed by atoms with Crippen molar-refractivity contribution in [3.8, 4) is 11.5 Å². The number of rotatable bonds is 9. The number of aromatic nitrogens is 1. The van der Waals surface area contributed by atoms with Gasteiger partial charge in [-0.25, -0.2) is 14.6 Å². The Hall–Kier alpha value is -3.94.